The van der Waals surface area contributed by atoms with Gasteiger partial charge in [0.15, 0.2) is 5.65 Å². The zero-order valence-corrected chi connectivity index (χ0v) is 14.3. The maximum absolute atomic E-state index is 13.3. The maximum Gasteiger partial charge on any atom is 0.247 e. The summed E-state index contributed by atoms with van der Waals surface area (Å²) in [6.07, 6.45) is 4.04. The first-order chi connectivity index (χ1) is 12.4. The number of hydrogen-bond acceptors (Lipinski definition) is 6. The number of sulfone groups is 1. The SMILES string of the molecule is CS(=O)(=O)c1nccc(-c2cc3cn[nH]c3nc2-c2ccc(F)cc2)n1. The van der Waals surface area contributed by atoms with Gasteiger partial charge in [0.25, 0.3) is 0 Å². The van der Waals surface area contributed by atoms with E-state index < -0.39 is 9.84 Å². The van der Waals surface area contributed by atoms with Gasteiger partial charge in [-0.15, -0.1) is 0 Å². The highest BCUT2D eigenvalue weighted by Gasteiger charge is 2.17. The Kier molecular flexibility index (Phi) is 3.73. The molecule has 0 aliphatic heterocycles. The van der Waals surface area contributed by atoms with Crippen LogP contribution in [0, 0.1) is 5.82 Å². The largest absolute Gasteiger partial charge is 0.261 e. The second-order valence-electron chi connectivity index (χ2n) is 5.70. The molecule has 0 atom stereocenters. The van der Waals surface area contributed by atoms with E-state index in [1.165, 1.54) is 18.3 Å². The van der Waals surface area contributed by atoms with Gasteiger partial charge in [-0.3, -0.25) is 5.10 Å². The summed E-state index contributed by atoms with van der Waals surface area (Å²) in [5, 5.41) is 7.23. The van der Waals surface area contributed by atoms with Crippen molar-refractivity contribution in [1.29, 1.82) is 0 Å². The summed E-state index contributed by atoms with van der Waals surface area (Å²) in [6.45, 7) is 0. The third-order valence-corrected chi connectivity index (χ3v) is 4.64. The molecule has 0 saturated carbocycles. The van der Waals surface area contributed by atoms with Crippen LogP contribution in [0.25, 0.3) is 33.5 Å². The number of benzene rings is 1. The molecule has 0 bridgehead atoms. The van der Waals surface area contributed by atoms with Crippen LogP contribution in [0.5, 0.6) is 0 Å². The minimum Gasteiger partial charge on any atom is -0.261 e. The number of H-pyrrole nitrogens is 1. The summed E-state index contributed by atoms with van der Waals surface area (Å²) in [5.74, 6) is -0.362. The summed E-state index contributed by atoms with van der Waals surface area (Å²) >= 11 is 0. The quantitative estimate of drug-likeness (QED) is 0.557. The molecule has 0 amide bonds. The van der Waals surface area contributed by atoms with E-state index in [4.69, 9.17) is 0 Å². The topological polar surface area (TPSA) is 101 Å². The van der Waals surface area contributed by atoms with E-state index >= 15 is 0 Å². The van der Waals surface area contributed by atoms with Crippen LogP contribution in [-0.2, 0) is 9.84 Å². The number of nitrogens with one attached hydrogen (secondary N) is 1. The van der Waals surface area contributed by atoms with Crippen molar-refractivity contribution in [3.63, 3.8) is 0 Å². The summed E-state index contributed by atoms with van der Waals surface area (Å²) in [5.41, 5.74) is 2.75. The molecular formula is C17H12FN5O2S. The van der Waals surface area contributed by atoms with Crippen LogP contribution >= 0.6 is 0 Å². The van der Waals surface area contributed by atoms with Crippen molar-refractivity contribution >= 4 is 20.9 Å². The number of halogens is 1. The average Bonchev–Trinajstić information content (AvgIpc) is 3.08. The van der Waals surface area contributed by atoms with Gasteiger partial charge in [0.05, 0.1) is 17.6 Å². The first-order valence-electron chi connectivity index (χ1n) is 7.55. The number of hydrogen-bond donors (Lipinski definition) is 1. The Hall–Kier alpha value is -3.20. The number of fused-ring (bicyclic) bond motifs is 1. The molecule has 0 saturated heterocycles. The molecule has 4 rings (SSSR count). The van der Waals surface area contributed by atoms with Crippen molar-refractivity contribution in [3.05, 3.63) is 54.6 Å². The Morgan fingerprint density at radius 1 is 1.08 bits per heavy atom. The highest BCUT2D eigenvalue weighted by atomic mass is 32.2. The van der Waals surface area contributed by atoms with E-state index in [1.807, 2.05) is 0 Å². The van der Waals surface area contributed by atoms with Gasteiger partial charge in [-0.2, -0.15) is 5.10 Å². The molecule has 26 heavy (non-hydrogen) atoms. The second kappa shape index (κ2) is 5.95. The lowest BCUT2D eigenvalue weighted by Gasteiger charge is -2.10. The van der Waals surface area contributed by atoms with Gasteiger partial charge in [0.1, 0.15) is 5.82 Å². The maximum atomic E-state index is 13.3. The number of aromatic nitrogens is 5. The van der Waals surface area contributed by atoms with E-state index in [0.717, 1.165) is 11.6 Å². The summed E-state index contributed by atoms with van der Waals surface area (Å²) < 4.78 is 36.9. The Bertz CT molecular complexity index is 1220. The summed E-state index contributed by atoms with van der Waals surface area (Å²) in [4.78, 5) is 12.5. The Morgan fingerprint density at radius 3 is 2.58 bits per heavy atom. The first-order valence-corrected chi connectivity index (χ1v) is 9.44. The van der Waals surface area contributed by atoms with Gasteiger partial charge in [0, 0.05) is 29.0 Å². The number of nitrogens with zero attached hydrogens (tertiary/aromatic N) is 4. The Morgan fingerprint density at radius 2 is 1.85 bits per heavy atom. The third kappa shape index (κ3) is 2.93. The second-order valence-corrected chi connectivity index (χ2v) is 7.61. The van der Waals surface area contributed by atoms with Crippen LogP contribution in [0.4, 0.5) is 4.39 Å². The number of rotatable bonds is 3. The standard InChI is InChI=1S/C17H12FN5O2S/c1-26(24,25)17-19-7-6-14(21-17)13-8-11-9-20-23-16(11)22-15(13)10-2-4-12(18)5-3-10/h2-9H,1H3,(H,20,22,23). The lowest BCUT2D eigenvalue weighted by atomic mass is 10.0. The Balaban J connectivity index is 1.99. The van der Waals surface area contributed by atoms with Gasteiger partial charge < -0.3 is 0 Å². The molecule has 0 unspecified atom stereocenters. The molecule has 130 valence electrons. The molecule has 0 aliphatic rings. The zero-order valence-electron chi connectivity index (χ0n) is 13.5. The predicted molar refractivity (Wildman–Crippen MR) is 93.4 cm³/mol. The van der Waals surface area contributed by atoms with E-state index in [9.17, 15) is 12.8 Å². The lowest BCUT2D eigenvalue weighted by Crippen LogP contribution is -2.04. The van der Waals surface area contributed by atoms with E-state index in [1.54, 1.807) is 30.5 Å². The molecule has 1 aromatic carbocycles. The van der Waals surface area contributed by atoms with E-state index in [-0.39, 0.29) is 11.0 Å². The molecule has 0 aliphatic carbocycles. The fraction of sp³-hybridized carbons (Fsp3) is 0.0588. The first kappa shape index (κ1) is 16.3. The van der Waals surface area contributed by atoms with Crippen molar-refractivity contribution in [1.82, 2.24) is 25.1 Å². The smallest absolute Gasteiger partial charge is 0.247 e. The molecule has 7 nitrogen and oxygen atoms in total. The summed E-state index contributed by atoms with van der Waals surface area (Å²) in [6, 6.07) is 9.27. The van der Waals surface area contributed by atoms with Gasteiger partial charge in [-0.05, 0) is 36.4 Å². The average molecular weight is 369 g/mol. The lowest BCUT2D eigenvalue weighted by molar-refractivity contribution is 0.593. The molecule has 1 N–H and O–H groups in total. The van der Waals surface area contributed by atoms with Crippen molar-refractivity contribution in [2.45, 2.75) is 5.16 Å². The fourth-order valence-corrected chi connectivity index (χ4v) is 3.09. The molecular weight excluding hydrogens is 357 g/mol. The highest BCUT2D eigenvalue weighted by Crippen LogP contribution is 2.32. The van der Waals surface area contributed by atoms with E-state index in [0.29, 0.717) is 28.2 Å². The van der Waals surface area contributed by atoms with Crippen molar-refractivity contribution < 1.29 is 12.8 Å². The van der Waals surface area contributed by atoms with Gasteiger partial charge >= 0.3 is 0 Å². The van der Waals surface area contributed by atoms with Crippen LogP contribution in [0.3, 0.4) is 0 Å². The molecule has 0 fully saturated rings. The molecule has 0 spiro atoms. The van der Waals surface area contributed by atoms with Crippen LogP contribution in [0.15, 0.2) is 53.9 Å². The Labute approximate surface area is 147 Å². The summed E-state index contributed by atoms with van der Waals surface area (Å²) in [7, 11) is -3.56. The zero-order chi connectivity index (χ0) is 18.3. The molecule has 4 aromatic rings. The van der Waals surface area contributed by atoms with Crippen LogP contribution in [0.1, 0.15) is 0 Å². The van der Waals surface area contributed by atoms with E-state index in [2.05, 4.69) is 25.1 Å². The van der Waals surface area contributed by atoms with Gasteiger partial charge in [-0.1, -0.05) is 0 Å². The van der Waals surface area contributed by atoms with Crippen LogP contribution < -0.4 is 0 Å². The highest BCUT2D eigenvalue weighted by molar-refractivity contribution is 7.90. The van der Waals surface area contributed by atoms with Gasteiger partial charge in [0.2, 0.25) is 15.0 Å². The molecule has 3 aromatic heterocycles. The third-order valence-electron chi connectivity index (χ3n) is 3.78. The van der Waals surface area contributed by atoms with Crippen molar-refractivity contribution in [2.75, 3.05) is 6.26 Å². The minimum absolute atomic E-state index is 0.271. The van der Waals surface area contributed by atoms with Crippen molar-refractivity contribution in [2.24, 2.45) is 0 Å². The molecule has 0 radical (unpaired) electrons. The van der Waals surface area contributed by atoms with Crippen molar-refractivity contribution in [3.8, 4) is 22.5 Å². The molecule has 9 heteroatoms. The number of aromatic amines is 1. The normalized spacial score (nSPS) is 11.8. The number of pyridine rings is 1. The monoisotopic (exact) mass is 369 g/mol. The van der Waals surface area contributed by atoms with Crippen LogP contribution in [0.2, 0.25) is 0 Å². The predicted octanol–water partition coefficient (Wildman–Crippen LogP) is 2.62. The fourth-order valence-electron chi connectivity index (χ4n) is 2.57. The molecule has 3 heterocycles. The minimum atomic E-state index is -3.56. The van der Waals surface area contributed by atoms with Gasteiger partial charge in [-0.25, -0.2) is 27.8 Å². The van der Waals surface area contributed by atoms with Crippen LogP contribution in [-0.4, -0.2) is 39.8 Å².